The Hall–Kier alpha value is -11.1. The maximum Gasteiger partial charge on any atom is 0.329 e. The number of halogens is 2. The van der Waals surface area contributed by atoms with Crippen LogP contribution in [0.15, 0.2) is 337 Å². The van der Waals surface area contributed by atoms with Crippen molar-refractivity contribution < 1.29 is 14.1 Å². The Morgan fingerprint density at radius 1 is 0.323 bits per heavy atom. The van der Waals surface area contributed by atoms with Gasteiger partial charge in [0.05, 0.1) is 53.1 Å². The predicted octanol–water partition coefficient (Wildman–Crippen LogP) is 20.3. The first-order chi connectivity index (χ1) is 47.5. The van der Waals surface area contributed by atoms with Crippen molar-refractivity contribution in [2.75, 3.05) is 7.11 Å². The van der Waals surface area contributed by atoms with Crippen molar-refractivity contribution in [3.63, 3.8) is 0 Å². The number of hydrogen-bond donors (Lipinski definition) is 0. The molecule has 1 radical (unpaired) electrons. The summed E-state index contributed by atoms with van der Waals surface area (Å²) in [4.78, 5) is 0. The number of ether oxygens (including phenoxy) is 2. The highest BCUT2D eigenvalue weighted by Crippen LogP contribution is 2.45. The summed E-state index contributed by atoms with van der Waals surface area (Å²) in [7, 11) is 3.35. The Balaban J connectivity index is 0.000000129. The lowest BCUT2D eigenvalue weighted by atomic mass is 9.36. The van der Waals surface area contributed by atoms with Gasteiger partial charge in [0.15, 0.2) is 0 Å². The molecule has 0 amide bonds. The number of aromatic nitrogens is 4. The summed E-state index contributed by atoms with van der Waals surface area (Å²) in [5, 5.41) is 9.93. The van der Waals surface area contributed by atoms with E-state index in [1.165, 1.54) is 92.6 Å². The second kappa shape index (κ2) is 25.0. The summed E-state index contributed by atoms with van der Waals surface area (Å²) in [6.45, 7) is 0.106. The molecule has 96 heavy (non-hydrogen) atoms. The van der Waals surface area contributed by atoms with E-state index >= 15 is 0 Å². The summed E-state index contributed by atoms with van der Waals surface area (Å²) < 4.78 is 29.2. The molecule has 7 nitrogen and oxygen atoms in total. The van der Waals surface area contributed by atoms with E-state index < -0.39 is 0 Å². The molecule has 0 aliphatic carbocycles. The van der Waals surface area contributed by atoms with Crippen molar-refractivity contribution in [3.05, 3.63) is 337 Å². The molecule has 4 aromatic heterocycles. The third-order valence-corrected chi connectivity index (χ3v) is 19.7. The standard InChI is InChI=1S/C42H27BN2O.C36H22Br2N2O.C7H8BO/c1-3-13-28(14-4-1)43-34-19-9-12-22-39(34)46-40-27-30(23-25-35(40)43)44-37-21-11-8-18-33(37)41-38(44)26-24-32-31-17-7-10-20-36(31)45(42(32)41)29-15-5-2-6-16-29;37-28-14-6-9-17-33(28)41-34-22-24(18-20-29(34)38)39-31-16-8-5-13-27(31)35-32(39)21-19-26-25-12-4-7-15-30(25)40(36(26)35)23-10-2-1-3-11-23;1-9-8-7-5-3-2-4-6-7/h1-27H;1-22H;2-6H,1H3. The molecule has 0 saturated carbocycles. The van der Waals surface area contributed by atoms with Crippen LogP contribution in [0.2, 0.25) is 0 Å². The molecule has 1 aliphatic heterocycles. The van der Waals surface area contributed by atoms with Crippen molar-refractivity contribution in [1.82, 2.24) is 18.3 Å². The molecule has 5 heterocycles. The Morgan fingerprint density at radius 2 is 0.760 bits per heavy atom. The number of para-hydroxylation sites is 8. The number of nitrogens with zero attached hydrogens (tertiary/aromatic N) is 4. The van der Waals surface area contributed by atoms with Gasteiger partial charge in [-0.1, -0.05) is 229 Å². The summed E-state index contributed by atoms with van der Waals surface area (Å²) in [6, 6.07) is 115. The van der Waals surface area contributed by atoms with E-state index in [-0.39, 0.29) is 6.71 Å². The van der Waals surface area contributed by atoms with Crippen molar-refractivity contribution in [1.29, 1.82) is 0 Å². The van der Waals surface area contributed by atoms with Gasteiger partial charge >= 0.3 is 7.48 Å². The normalized spacial score (nSPS) is 11.8. The van der Waals surface area contributed by atoms with Gasteiger partial charge in [0.1, 0.15) is 23.0 Å². The highest BCUT2D eigenvalue weighted by atomic mass is 79.9. The second-order valence-corrected chi connectivity index (χ2v) is 25.6. The van der Waals surface area contributed by atoms with E-state index in [0.29, 0.717) is 0 Å². The zero-order valence-corrected chi connectivity index (χ0v) is 55.3. The first-order valence-electron chi connectivity index (χ1n) is 32.1. The molecule has 0 saturated heterocycles. The number of hydrogen-bond acceptors (Lipinski definition) is 3. The van der Waals surface area contributed by atoms with Crippen molar-refractivity contribution in [2.24, 2.45) is 0 Å². The number of rotatable bonds is 9. The summed E-state index contributed by atoms with van der Waals surface area (Å²) in [5.74, 6) is 3.33. The zero-order chi connectivity index (χ0) is 64.2. The molecular formula is C85H57B2Br2N4O3. The molecule has 0 bridgehead atoms. The van der Waals surface area contributed by atoms with Gasteiger partial charge in [0, 0.05) is 85.1 Å². The lowest BCUT2D eigenvalue weighted by Crippen LogP contribution is -2.54. The number of benzene rings is 14. The van der Waals surface area contributed by atoms with Crippen molar-refractivity contribution >= 4 is 155 Å². The molecule has 455 valence electrons. The van der Waals surface area contributed by atoms with Gasteiger partial charge in [-0.15, -0.1) is 0 Å². The summed E-state index contributed by atoms with van der Waals surface area (Å²) >= 11 is 7.33. The molecule has 0 atom stereocenters. The molecule has 0 fully saturated rings. The first kappa shape index (κ1) is 58.7. The van der Waals surface area contributed by atoms with E-state index in [1.807, 2.05) is 54.6 Å². The number of fused-ring (bicyclic) bond motifs is 16. The quantitative estimate of drug-likeness (QED) is 0.135. The highest BCUT2D eigenvalue weighted by molar-refractivity contribution is 9.11. The topological polar surface area (TPSA) is 47.4 Å². The van der Waals surface area contributed by atoms with Crippen molar-refractivity contribution in [3.8, 4) is 45.7 Å². The van der Waals surface area contributed by atoms with Gasteiger partial charge < -0.3 is 32.4 Å². The molecule has 14 aromatic carbocycles. The van der Waals surface area contributed by atoms with E-state index in [1.54, 1.807) is 14.6 Å². The second-order valence-electron chi connectivity index (χ2n) is 23.9. The molecule has 11 heteroatoms. The van der Waals surface area contributed by atoms with E-state index in [4.69, 9.17) is 14.1 Å². The third-order valence-electron chi connectivity index (χ3n) is 18.4. The average Bonchev–Trinajstić information content (AvgIpc) is 1.55. The molecular weight excluding hydrogens is 1310 g/mol. The lowest BCUT2D eigenvalue weighted by molar-refractivity contribution is 0.450. The first-order valence-corrected chi connectivity index (χ1v) is 33.7. The van der Waals surface area contributed by atoms with Gasteiger partial charge in [-0.2, -0.15) is 0 Å². The van der Waals surface area contributed by atoms with Gasteiger partial charge in [0.2, 0.25) is 0 Å². The minimum atomic E-state index is 0.106. The van der Waals surface area contributed by atoms with E-state index in [0.717, 1.165) is 71.2 Å². The van der Waals surface area contributed by atoms with Gasteiger partial charge in [0.25, 0.3) is 6.71 Å². The molecule has 0 N–H and O–H groups in total. The fourth-order valence-electron chi connectivity index (χ4n) is 14.4. The lowest BCUT2D eigenvalue weighted by Gasteiger charge is -2.27. The smallest absolute Gasteiger partial charge is 0.329 e. The van der Waals surface area contributed by atoms with Crippen LogP contribution in [-0.2, 0) is 4.65 Å². The molecule has 0 spiro atoms. The third kappa shape index (κ3) is 10.2. The Morgan fingerprint density at radius 3 is 1.32 bits per heavy atom. The Bertz CT molecular complexity index is 5970. The van der Waals surface area contributed by atoms with Crippen LogP contribution < -0.4 is 31.3 Å². The average molecular weight is 1360 g/mol. The minimum Gasteiger partial charge on any atom is -0.458 e. The van der Waals surface area contributed by atoms with Gasteiger partial charge in [-0.05, 0) is 140 Å². The Kier molecular flexibility index (Phi) is 15.3. The van der Waals surface area contributed by atoms with Crippen LogP contribution in [0.4, 0.5) is 0 Å². The monoisotopic (exact) mass is 1360 g/mol. The van der Waals surface area contributed by atoms with Crippen LogP contribution in [0.25, 0.3) is 110 Å². The summed E-state index contributed by atoms with van der Waals surface area (Å²) in [5.41, 5.74) is 18.6. The Labute approximate surface area is 572 Å². The van der Waals surface area contributed by atoms with E-state index in [2.05, 4.69) is 323 Å². The van der Waals surface area contributed by atoms with Crippen LogP contribution in [0.3, 0.4) is 0 Å². The maximum absolute atomic E-state index is 6.66. The van der Waals surface area contributed by atoms with Crippen LogP contribution in [0, 0.1) is 0 Å². The fraction of sp³-hybridized carbons (Fsp3) is 0.0118. The fourth-order valence-corrected chi connectivity index (χ4v) is 15.1. The molecule has 1 aliphatic rings. The van der Waals surface area contributed by atoms with Crippen LogP contribution >= 0.6 is 31.9 Å². The SMILES string of the molecule is Brc1ccccc1Oc1cc(-n2c3ccccc3c3c2ccc2c4ccccc4n(-c4ccccc4)c23)ccc1Br.CO[B]c1ccccc1.c1ccc(B2c3ccccc3Oc3cc(-n4c5ccccc5c5c4ccc4c6ccccc6n(-c6ccccc6)c45)ccc32)cc1. The van der Waals surface area contributed by atoms with E-state index in [9.17, 15) is 0 Å². The molecule has 19 rings (SSSR count). The zero-order valence-electron chi connectivity index (χ0n) is 52.1. The van der Waals surface area contributed by atoms with Crippen LogP contribution in [-0.4, -0.2) is 39.6 Å². The highest BCUT2D eigenvalue weighted by Gasteiger charge is 2.33. The largest absolute Gasteiger partial charge is 0.458 e. The predicted molar refractivity (Wildman–Crippen MR) is 409 cm³/mol. The van der Waals surface area contributed by atoms with Crippen molar-refractivity contribution in [2.45, 2.75) is 0 Å². The summed E-state index contributed by atoms with van der Waals surface area (Å²) in [6.07, 6.45) is 0. The molecule has 0 unspecified atom stereocenters. The van der Waals surface area contributed by atoms with Crippen LogP contribution in [0.1, 0.15) is 0 Å². The molecule has 18 aromatic rings. The minimum absolute atomic E-state index is 0.106. The van der Waals surface area contributed by atoms with Gasteiger partial charge in [-0.3, -0.25) is 0 Å². The van der Waals surface area contributed by atoms with Gasteiger partial charge in [-0.25, -0.2) is 0 Å². The maximum atomic E-state index is 6.66. The van der Waals surface area contributed by atoms with Crippen LogP contribution in [0.5, 0.6) is 23.0 Å².